The number of nitrogens with zero attached hydrogens (tertiary/aromatic N) is 4. The second-order valence-electron chi connectivity index (χ2n) is 6.46. The minimum absolute atomic E-state index is 0.143. The lowest BCUT2D eigenvalue weighted by Gasteiger charge is -2.15. The first-order valence-corrected chi connectivity index (χ1v) is 10.0. The molecule has 27 heavy (non-hydrogen) atoms. The van der Waals surface area contributed by atoms with Crippen LogP contribution in [0.4, 0.5) is 5.82 Å². The highest BCUT2D eigenvalue weighted by atomic mass is 35.5. The van der Waals surface area contributed by atoms with E-state index in [2.05, 4.69) is 27.5 Å². The second-order valence-corrected chi connectivity index (χ2v) is 7.82. The number of amides is 1. The van der Waals surface area contributed by atoms with Crippen molar-refractivity contribution in [1.82, 2.24) is 20.0 Å². The molecule has 7 nitrogen and oxygen atoms in total. The molecule has 1 unspecified atom stereocenters. The first-order valence-electron chi connectivity index (χ1n) is 8.66. The maximum Gasteiger partial charge on any atom is 0.277 e. The Hall–Kier alpha value is -2.32. The van der Waals surface area contributed by atoms with Crippen molar-refractivity contribution in [2.75, 3.05) is 11.1 Å². The lowest BCUT2D eigenvalue weighted by Crippen LogP contribution is -2.19. The maximum absolute atomic E-state index is 12.3. The van der Waals surface area contributed by atoms with Crippen LogP contribution in [0, 0.1) is 5.92 Å². The second kappa shape index (κ2) is 7.74. The van der Waals surface area contributed by atoms with Crippen molar-refractivity contribution < 1.29 is 9.21 Å². The Morgan fingerprint density at radius 2 is 2.11 bits per heavy atom. The first kappa shape index (κ1) is 18.1. The van der Waals surface area contributed by atoms with Crippen LogP contribution in [0.15, 0.2) is 46.2 Å². The zero-order valence-electron chi connectivity index (χ0n) is 14.6. The monoisotopic (exact) mass is 403 g/mol. The van der Waals surface area contributed by atoms with Crippen LogP contribution in [0.25, 0.3) is 11.5 Å². The first-order chi connectivity index (χ1) is 13.1. The van der Waals surface area contributed by atoms with E-state index in [0.29, 0.717) is 33.9 Å². The number of hydrogen-bond donors (Lipinski definition) is 1. The van der Waals surface area contributed by atoms with Gasteiger partial charge in [0.05, 0.1) is 18.0 Å². The van der Waals surface area contributed by atoms with Gasteiger partial charge in [-0.25, -0.2) is 4.68 Å². The topological polar surface area (TPSA) is 85.8 Å². The fraction of sp³-hybridized carbons (Fsp3) is 0.333. The molecular formula is C18H18ClN5O2S. The third kappa shape index (κ3) is 4.33. The minimum Gasteiger partial charge on any atom is -0.411 e. The molecule has 1 fully saturated rings. The Kier molecular flexibility index (Phi) is 5.18. The molecule has 3 aromatic rings. The lowest BCUT2D eigenvalue weighted by atomic mass is 10.2. The summed E-state index contributed by atoms with van der Waals surface area (Å²) in [5, 5.41) is 16.2. The summed E-state index contributed by atoms with van der Waals surface area (Å²) in [6, 6.07) is 9.23. The molecule has 9 heteroatoms. The Labute approximate surface area is 165 Å². The predicted octanol–water partition coefficient (Wildman–Crippen LogP) is 4.29. The number of nitrogens with one attached hydrogen (secondary N) is 1. The van der Waals surface area contributed by atoms with Gasteiger partial charge < -0.3 is 9.73 Å². The van der Waals surface area contributed by atoms with Gasteiger partial charge in [-0.3, -0.25) is 4.79 Å². The number of anilines is 1. The van der Waals surface area contributed by atoms with Gasteiger partial charge in [0.25, 0.3) is 5.22 Å². The Morgan fingerprint density at radius 1 is 1.33 bits per heavy atom. The number of aromatic nitrogens is 4. The van der Waals surface area contributed by atoms with Gasteiger partial charge in [0.15, 0.2) is 0 Å². The Bertz CT molecular complexity index is 935. The third-order valence-corrected chi connectivity index (χ3v) is 5.52. The van der Waals surface area contributed by atoms with E-state index in [-0.39, 0.29) is 11.7 Å². The van der Waals surface area contributed by atoms with Crippen molar-refractivity contribution in [3.05, 3.63) is 41.6 Å². The molecule has 0 aliphatic heterocycles. The molecule has 1 saturated carbocycles. The minimum atomic E-state index is -0.143. The molecule has 0 spiro atoms. The van der Waals surface area contributed by atoms with Crippen LogP contribution in [0.2, 0.25) is 5.02 Å². The number of carbonyl (C=O) groups excluding carboxylic acids is 1. The molecule has 0 bridgehead atoms. The highest BCUT2D eigenvalue weighted by Crippen LogP contribution is 2.40. The van der Waals surface area contributed by atoms with Crippen LogP contribution in [-0.2, 0) is 4.79 Å². The number of thioether (sulfide) groups is 1. The molecule has 1 N–H and O–H groups in total. The molecule has 1 aliphatic rings. The van der Waals surface area contributed by atoms with Crippen molar-refractivity contribution in [2.45, 2.75) is 31.0 Å². The molecule has 2 aromatic heterocycles. The van der Waals surface area contributed by atoms with Crippen LogP contribution >= 0.6 is 23.4 Å². The number of halogens is 1. The molecule has 1 atom stereocenters. The normalized spacial score (nSPS) is 14.9. The largest absolute Gasteiger partial charge is 0.411 e. The average Bonchev–Trinajstić information content (AvgIpc) is 3.23. The van der Waals surface area contributed by atoms with Gasteiger partial charge in [-0.05, 0) is 49.9 Å². The van der Waals surface area contributed by atoms with Crippen molar-refractivity contribution in [3.8, 4) is 11.5 Å². The molecule has 1 amide bonds. The van der Waals surface area contributed by atoms with Crippen LogP contribution in [0.3, 0.4) is 0 Å². The molecule has 0 saturated heterocycles. The summed E-state index contributed by atoms with van der Waals surface area (Å²) < 4.78 is 7.48. The zero-order valence-corrected chi connectivity index (χ0v) is 16.2. The van der Waals surface area contributed by atoms with Gasteiger partial charge in [-0.1, -0.05) is 23.4 Å². The molecule has 1 aromatic carbocycles. The number of carbonyl (C=O) groups is 1. The fourth-order valence-corrected chi connectivity index (χ4v) is 3.49. The van der Waals surface area contributed by atoms with Gasteiger partial charge in [0.1, 0.15) is 5.82 Å². The van der Waals surface area contributed by atoms with Crippen molar-refractivity contribution in [3.63, 3.8) is 0 Å². The van der Waals surface area contributed by atoms with E-state index in [0.717, 1.165) is 5.56 Å². The Morgan fingerprint density at radius 3 is 2.85 bits per heavy atom. The molecule has 2 heterocycles. The summed E-state index contributed by atoms with van der Waals surface area (Å²) >= 11 is 7.07. The van der Waals surface area contributed by atoms with Crippen LogP contribution in [0.5, 0.6) is 0 Å². The summed E-state index contributed by atoms with van der Waals surface area (Å²) in [6.07, 6.45) is 4.15. The van der Waals surface area contributed by atoms with Crippen molar-refractivity contribution >= 4 is 35.1 Å². The van der Waals surface area contributed by atoms with E-state index in [1.807, 2.05) is 10.7 Å². The quantitative estimate of drug-likeness (QED) is 0.592. The Balaban J connectivity index is 1.33. The predicted molar refractivity (Wildman–Crippen MR) is 104 cm³/mol. The number of benzene rings is 1. The zero-order chi connectivity index (χ0) is 18.8. The molecular weight excluding hydrogens is 386 g/mol. The summed E-state index contributed by atoms with van der Waals surface area (Å²) in [4.78, 5) is 12.3. The van der Waals surface area contributed by atoms with Gasteiger partial charge in [0.2, 0.25) is 11.8 Å². The smallest absolute Gasteiger partial charge is 0.277 e. The number of hydrogen-bond acceptors (Lipinski definition) is 6. The summed E-state index contributed by atoms with van der Waals surface area (Å²) in [5.41, 5.74) is 0.779. The van der Waals surface area contributed by atoms with Crippen LogP contribution in [-0.4, -0.2) is 31.6 Å². The van der Waals surface area contributed by atoms with Gasteiger partial charge >= 0.3 is 0 Å². The number of rotatable bonds is 7. The molecule has 140 valence electrons. The van der Waals surface area contributed by atoms with E-state index in [1.165, 1.54) is 24.6 Å². The van der Waals surface area contributed by atoms with E-state index >= 15 is 0 Å². The molecule has 0 radical (unpaired) electrons. The molecule has 1 aliphatic carbocycles. The van der Waals surface area contributed by atoms with Crippen molar-refractivity contribution in [2.24, 2.45) is 5.92 Å². The van der Waals surface area contributed by atoms with Crippen LogP contribution in [0.1, 0.15) is 25.8 Å². The van der Waals surface area contributed by atoms with E-state index in [1.54, 1.807) is 30.5 Å². The lowest BCUT2D eigenvalue weighted by molar-refractivity contribution is -0.113. The maximum atomic E-state index is 12.3. The third-order valence-electron chi connectivity index (χ3n) is 4.45. The van der Waals surface area contributed by atoms with E-state index < -0.39 is 0 Å². The van der Waals surface area contributed by atoms with Gasteiger partial charge in [0, 0.05) is 16.7 Å². The van der Waals surface area contributed by atoms with Crippen molar-refractivity contribution in [1.29, 1.82) is 0 Å². The standard InChI is InChI=1S/C18H18ClN5O2S/c1-11(12-2-3-12)24-15(8-9-20-24)21-16(25)10-27-18-23-22-17(26-18)13-4-6-14(19)7-5-13/h4-9,11-12H,2-3,10H2,1H3,(H,21,25). The van der Waals surface area contributed by atoms with Gasteiger partial charge in [-0.2, -0.15) is 5.10 Å². The van der Waals surface area contributed by atoms with Gasteiger partial charge in [-0.15, -0.1) is 10.2 Å². The highest BCUT2D eigenvalue weighted by molar-refractivity contribution is 7.99. The van der Waals surface area contributed by atoms with E-state index in [4.69, 9.17) is 16.0 Å². The summed E-state index contributed by atoms with van der Waals surface area (Å²) in [5.74, 6) is 1.79. The molecule has 4 rings (SSSR count). The average molecular weight is 404 g/mol. The highest BCUT2D eigenvalue weighted by Gasteiger charge is 2.30. The van der Waals surface area contributed by atoms with E-state index in [9.17, 15) is 4.79 Å². The summed E-state index contributed by atoms with van der Waals surface area (Å²) in [6.45, 7) is 2.13. The summed E-state index contributed by atoms with van der Waals surface area (Å²) in [7, 11) is 0. The SMILES string of the molecule is CC(C1CC1)n1nccc1NC(=O)CSc1nnc(-c2ccc(Cl)cc2)o1. The van der Waals surface area contributed by atoms with Crippen LogP contribution < -0.4 is 5.32 Å². The fourth-order valence-electron chi connectivity index (χ4n) is 2.80.